The lowest BCUT2D eigenvalue weighted by Crippen LogP contribution is -2.45. The molecule has 0 saturated heterocycles. The lowest BCUT2D eigenvalue weighted by Gasteiger charge is -2.35. The fourth-order valence-corrected chi connectivity index (χ4v) is 1.93. The van der Waals surface area contributed by atoms with Crippen LogP contribution in [0.4, 0.5) is 0 Å². The Hall–Kier alpha value is -0.930. The molecule has 0 fully saturated rings. The Morgan fingerprint density at radius 3 is 2.43 bits per heavy atom. The molecule has 1 aromatic rings. The van der Waals surface area contributed by atoms with Gasteiger partial charge in [-0.1, -0.05) is 6.07 Å². The van der Waals surface area contributed by atoms with E-state index in [-0.39, 0.29) is 11.6 Å². The van der Waals surface area contributed by atoms with E-state index in [1.165, 1.54) is 0 Å². The van der Waals surface area contributed by atoms with Crippen LogP contribution in [0.25, 0.3) is 0 Å². The van der Waals surface area contributed by atoms with E-state index in [1.807, 2.05) is 40.2 Å². The predicted molar refractivity (Wildman–Crippen MR) is 58.9 cm³/mol. The first-order valence-electron chi connectivity index (χ1n) is 4.78. The van der Waals surface area contributed by atoms with Crippen LogP contribution in [0.2, 0.25) is 0 Å². The fraction of sp³-hybridized carbons (Fsp3) is 0.545. The maximum atomic E-state index is 6.14. The van der Waals surface area contributed by atoms with E-state index in [9.17, 15) is 0 Å². The molecule has 0 aliphatic heterocycles. The highest BCUT2D eigenvalue weighted by Gasteiger charge is 2.28. The third-order valence-electron chi connectivity index (χ3n) is 2.22. The minimum atomic E-state index is -0.271. The van der Waals surface area contributed by atoms with Crippen molar-refractivity contribution in [1.29, 1.82) is 0 Å². The minimum Gasteiger partial charge on any atom is -0.324 e. The zero-order valence-corrected chi connectivity index (χ0v) is 9.36. The van der Waals surface area contributed by atoms with Crippen molar-refractivity contribution in [3.05, 3.63) is 30.1 Å². The fourth-order valence-electron chi connectivity index (χ4n) is 1.93. The van der Waals surface area contributed by atoms with Gasteiger partial charge in [0.1, 0.15) is 0 Å². The van der Waals surface area contributed by atoms with Gasteiger partial charge >= 0.3 is 0 Å². The maximum Gasteiger partial charge on any atom is 0.0532 e. The van der Waals surface area contributed by atoms with Gasteiger partial charge < -0.3 is 10.6 Å². The Balaban J connectivity index is 3.02. The molecule has 1 atom stereocenters. The summed E-state index contributed by atoms with van der Waals surface area (Å²) in [5.41, 5.74) is 7.03. The van der Waals surface area contributed by atoms with Crippen LogP contribution in [0.15, 0.2) is 24.5 Å². The number of likely N-dealkylation sites (N-methyl/N-ethyl adjacent to an activating group) is 1. The van der Waals surface area contributed by atoms with Crippen molar-refractivity contribution in [2.75, 3.05) is 14.1 Å². The summed E-state index contributed by atoms with van der Waals surface area (Å²) in [5, 5.41) is 0. The first-order valence-corrected chi connectivity index (χ1v) is 4.78. The molecule has 0 aliphatic carbocycles. The predicted octanol–water partition coefficient (Wildman–Crippen LogP) is 1.42. The Kier molecular flexibility index (Phi) is 3.24. The minimum absolute atomic E-state index is 0.191. The van der Waals surface area contributed by atoms with Crippen LogP contribution < -0.4 is 5.73 Å². The number of hydrogen-bond acceptors (Lipinski definition) is 3. The number of hydrogen-bond donors (Lipinski definition) is 1. The van der Waals surface area contributed by atoms with Gasteiger partial charge in [-0.25, -0.2) is 0 Å². The van der Waals surface area contributed by atoms with E-state index in [4.69, 9.17) is 5.73 Å². The van der Waals surface area contributed by atoms with Gasteiger partial charge in [0.05, 0.1) is 6.04 Å². The second-order valence-corrected chi connectivity index (χ2v) is 4.47. The van der Waals surface area contributed by atoms with E-state index in [2.05, 4.69) is 16.0 Å². The van der Waals surface area contributed by atoms with Crippen molar-refractivity contribution in [1.82, 2.24) is 9.88 Å². The second-order valence-electron chi connectivity index (χ2n) is 4.47. The van der Waals surface area contributed by atoms with Crippen molar-refractivity contribution < 1.29 is 0 Å². The standard InChI is InChI=1S/C11H19N3/c1-11(2,12)10(14(3)4)9-6-5-7-13-8-9/h5-8,10H,12H2,1-4H3. The molecule has 1 rings (SSSR count). The van der Waals surface area contributed by atoms with Crippen LogP contribution in [0, 0.1) is 0 Å². The molecule has 1 unspecified atom stereocenters. The van der Waals surface area contributed by atoms with E-state index < -0.39 is 0 Å². The maximum absolute atomic E-state index is 6.14. The van der Waals surface area contributed by atoms with Crippen LogP contribution >= 0.6 is 0 Å². The van der Waals surface area contributed by atoms with Crippen molar-refractivity contribution in [2.45, 2.75) is 25.4 Å². The molecule has 0 radical (unpaired) electrons. The van der Waals surface area contributed by atoms with Gasteiger partial charge in [0, 0.05) is 17.9 Å². The van der Waals surface area contributed by atoms with Gasteiger partial charge in [0.15, 0.2) is 0 Å². The highest BCUT2D eigenvalue weighted by molar-refractivity contribution is 5.18. The Morgan fingerprint density at radius 1 is 1.43 bits per heavy atom. The first kappa shape index (κ1) is 11.1. The van der Waals surface area contributed by atoms with Gasteiger partial charge in [-0.05, 0) is 39.6 Å². The van der Waals surface area contributed by atoms with Gasteiger partial charge in [0.2, 0.25) is 0 Å². The molecule has 0 aliphatic rings. The summed E-state index contributed by atoms with van der Waals surface area (Å²) in [6.45, 7) is 4.06. The zero-order chi connectivity index (χ0) is 10.8. The summed E-state index contributed by atoms with van der Waals surface area (Å²) in [7, 11) is 4.07. The van der Waals surface area contributed by atoms with Gasteiger partial charge in [0.25, 0.3) is 0 Å². The molecule has 14 heavy (non-hydrogen) atoms. The van der Waals surface area contributed by atoms with Gasteiger partial charge in [-0.3, -0.25) is 4.98 Å². The molecule has 0 bridgehead atoms. The highest BCUT2D eigenvalue weighted by atomic mass is 15.1. The molecular weight excluding hydrogens is 174 g/mol. The van der Waals surface area contributed by atoms with Crippen molar-refractivity contribution in [2.24, 2.45) is 5.73 Å². The summed E-state index contributed by atoms with van der Waals surface area (Å²) in [4.78, 5) is 6.24. The van der Waals surface area contributed by atoms with E-state index in [1.54, 1.807) is 6.20 Å². The Morgan fingerprint density at radius 2 is 2.07 bits per heavy atom. The summed E-state index contributed by atoms with van der Waals surface area (Å²) in [5.74, 6) is 0. The Labute approximate surface area is 85.9 Å². The number of nitrogens with zero attached hydrogens (tertiary/aromatic N) is 2. The number of nitrogens with two attached hydrogens (primary N) is 1. The molecule has 1 heterocycles. The van der Waals surface area contributed by atoms with Crippen molar-refractivity contribution in [3.8, 4) is 0 Å². The van der Waals surface area contributed by atoms with Crippen LogP contribution in [0.3, 0.4) is 0 Å². The topological polar surface area (TPSA) is 42.2 Å². The third kappa shape index (κ3) is 2.53. The highest BCUT2D eigenvalue weighted by Crippen LogP contribution is 2.26. The van der Waals surface area contributed by atoms with Crippen LogP contribution in [-0.4, -0.2) is 29.5 Å². The number of pyridine rings is 1. The lowest BCUT2D eigenvalue weighted by atomic mass is 9.90. The first-order chi connectivity index (χ1) is 6.43. The molecule has 0 spiro atoms. The van der Waals surface area contributed by atoms with Crippen LogP contribution in [-0.2, 0) is 0 Å². The number of rotatable bonds is 3. The average Bonchev–Trinajstić information content (AvgIpc) is 2.02. The molecule has 0 saturated carbocycles. The van der Waals surface area contributed by atoms with Crippen molar-refractivity contribution >= 4 is 0 Å². The molecule has 3 heteroatoms. The average molecular weight is 193 g/mol. The van der Waals surface area contributed by atoms with Crippen molar-refractivity contribution in [3.63, 3.8) is 0 Å². The molecule has 3 nitrogen and oxygen atoms in total. The van der Waals surface area contributed by atoms with Gasteiger partial charge in [-0.2, -0.15) is 0 Å². The largest absolute Gasteiger partial charge is 0.324 e. The van der Waals surface area contributed by atoms with E-state index in [0.717, 1.165) is 5.56 Å². The SMILES string of the molecule is CN(C)C(c1cccnc1)C(C)(C)N. The smallest absolute Gasteiger partial charge is 0.0532 e. The van der Waals surface area contributed by atoms with Gasteiger partial charge in [-0.15, -0.1) is 0 Å². The van der Waals surface area contributed by atoms with E-state index >= 15 is 0 Å². The summed E-state index contributed by atoms with van der Waals surface area (Å²) < 4.78 is 0. The van der Waals surface area contributed by atoms with Crippen LogP contribution in [0.5, 0.6) is 0 Å². The summed E-state index contributed by atoms with van der Waals surface area (Å²) in [6, 6.07) is 4.19. The summed E-state index contributed by atoms with van der Waals surface area (Å²) in [6.07, 6.45) is 3.65. The molecule has 2 N–H and O–H groups in total. The Bertz CT molecular complexity index is 274. The van der Waals surface area contributed by atoms with E-state index in [0.29, 0.717) is 0 Å². The molecule has 1 aromatic heterocycles. The molecule has 78 valence electrons. The monoisotopic (exact) mass is 193 g/mol. The quantitative estimate of drug-likeness (QED) is 0.789. The lowest BCUT2D eigenvalue weighted by molar-refractivity contribution is 0.204. The second kappa shape index (κ2) is 4.07. The normalized spacial score (nSPS) is 14.4. The molecular formula is C11H19N3. The summed E-state index contributed by atoms with van der Waals surface area (Å²) >= 11 is 0. The molecule has 0 aromatic carbocycles. The molecule has 0 amide bonds. The van der Waals surface area contributed by atoms with Crippen LogP contribution in [0.1, 0.15) is 25.5 Å². The zero-order valence-electron chi connectivity index (χ0n) is 9.36. The number of aromatic nitrogens is 1. The third-order valence-corrected chi connectivity index (χ3v) is 2.22.